The van der Waals surface area contributed by atoms with E-state index in [4.69, 9.17) is 26.0 Å². The zero-order chi connectivity index (χ0) is 26.4. The van der Waals surface area contributed by atoms with Crippen molar-refractivity contribution in [2.45, 2.75) is 19.8 Å². The minimum atomic E-state index is -1.04. The molecule has 0 bridgehead atoms. The quantitative estimate of drug-likeness (QED) is 0.304. The molecular weight excluding hydrogens is 474 g/mol. The van der Waals surface area contributed by atoms with Gasteiger partial charge in [0.25, 0.3) is 5.56 Å². The van der Waals surface area contributed by atoms with Gasteiger partial charge in [0.1, 0.15) is 29.6 Å². The van der Waals surface area contributed by atoms with Crippen LogP contribution in [0.5, 0.6) is 11.5 Å². The molecule has 2 heterocycles. The molecule has 0 radical (unpaired) electrons. The van der Waals surface area contributed by atoms with Gasteiger partial charge in [0.05, 0.1) is 12.2 Å². The lowest BCUT2D eigenvalue weighted by molar-refractivity contribution is -0.131. The molecule has 194 valence electrons. The summed E-state index contributed by atoms with van der Waals surface area (Å²) in [6, 6.07) is 11.1. The van der Waals surface area contributed by atoms with E-state index in [1.807, 2.05) is 37.3 Å². The number of aromatic amines is 1. The van der Waals surface area contributed by atoms with Gasteiger partial charge < -0.3 is 31.0 Å². The number of carbonyl (C=O) groups is 1. The van der Waals surface area contributed by atoms with Crippen LogP contribution in [0.4, 0.5) is 11.5 Å². The van der Waals surface area contributed by atoms with Crippen LogP contribution in [0.15, 0.2) is 47.3 Å². The zero-order valence-electron chi connectivity index (χ0n) is 20.7. The summed E-state index contributed by atoms with van der Waals surface area (Å²) >= 11 is 0. The van der Waals surface area contributed by atoms with Crippen molar-refractivity contribution in [3.05, 3.63) is 58.4 Å². The molecule has 4 rings (SSSR count). The Kier molecular flexibility index (Phi) is 8.09. The average Bonchev–Trinajstić information content (AvgIpc) is 3.40. The van der Waals surface area contributed by atoms with Crippen LogP contribution in [-0.4, -0.2) is 58.8 Å². The number of rotatable bonds is 10. The summed E-state index contributed by atoms with van der Waals surface area (Å²) in [5.41, 5.74) is 13.6. The molecule has 0 amide bonds. The highest BCUT2D eigenvalue weighted by Gasteiger charge is 2.15. The van der Waals surface area contributed by atoms with Crippen molar-refractivity contribution >= 4 is 23.6 Å². The van der Waals surface area contributed by atoms with Crippen LogP contribution >= 0.6 is 0 Å². The van der Waals surface area contributed by atoms with Crippen LogP contribution in [0.3, 0.4) is 0 Å². The predicted molar refractivity (Wildman–Crippen MR) is 144 cm³/mol. The van der Waals surface area contributed by atoms with Crippen LogP contribution in [0.25, 0.3) is 28.6 Å². The molecule has 1 aromatic heterocycles. The molecule has 1 saturated heterocycles. The van der Waals surface area contributed by atoms with Gasteiger partial charge in [-0.05, 0) is 74.3 Å². The molecule has 2 aromatic carbocycles. The molecule has 6 N–H and O–H groups in total. The van der Waals surface area contributed by atoms with Crippen LogP contribution in [-0.2, 0) is 4.79 Å². The number of ether oxygens (including phenoxy) is 2. The maximum atomic E-state index is 12.1. The third-order valence-corrected chi connectivity index (χ3v) is 6.13. The van der Waals surface area contributed by atoms with E-state index >= 15 is 0 Å². The van der Waals surface area contributed by atoms with E-state index in [0.717, 1.165) is 36.8 Å². The lowest BCUT2D eigenvalue weighted by Gasteiger charge is -2.17. The monoisotopic (exact) mass is 505 g/mol. The van der Waals surface area contributed by atoms with Crippen LogP contribution in [0.1, 0.15) is 25.3 Å². The highest BCUT2D eigenvalue weighted by molar-refractivity contribution is 5.86. The summed E-state index contributed by atoms with van der Waals surface area (Å²) in [5, 5.41) is 9.16. The van der Waals surface area contributed by atoms with E-state index in [1.54, 1.807) is 6.07 Å². The second-order valence-corrected chi connectivity index (χ2v) is 8.68. The summed E-state index contributed by atoms with van der Waals surface area (Å²) in [6.45, 7) is 5.76. The number of aliphatic carboxylic acids is 1. The van der Waals surface area contributed by atoms with Gasteiger partial charge in [0, 0.05) is 18.2 Å². The minimum absolute atomic E-state index is 0.0551. The third-order valence-electron chi connectivity index (χ3n) is 6.13. The van der Waals surface area contributed by atoms with E-state index in [0.29, 0.717) is 35.8 Å². The number of likely N-dealkylation sites (tertiary alicyclic amines) is 1. The molecule has 1 aliphatic heterocycles. The van der Waals surface area contributed by atoms with Gasteiger partial charge in [-0.2, -0.15) is 0 Å². The van der Waals surface area contributed by atoms with Crippen molar-refractivity contribution in [2.24, 2.45) is 0 Å². The normalized spacial score (nSPS) is 13.8. The number of H-pyrrole nitrogens is 1. The van der Waals surface area contributed by atoms with Gasteiger partial charge in [-0.15, -0.1) is 0 Å². The first-order valence-electron chi connectivity index (χ1n) is 12.2. The summed E-state index contributed by atoms with van der Waals surface area (Å²) in [7, 11) is 0. The third kappa shape index (κ3) is 6.28. The van der Waals surface area contributed by atoms with Crippen LogP contribution < -0.4 is 26.5 Å². The van der Waals surface area contributed by atoms with Crippen molar-refractivity contribution in [2.75, 3.05) is 44.3 Å². The number of hydrogen-bond acceptors (Lipinski definition) is 8. The van der Waals surface area contributed by atoms with Crippen molar-refractivity contribution in [1.82, 2.24) is 14.9 Å². The van der Waals surface area contributed by atoms with Gasteiger partial charge in [0.15, 0.2) is 5.82 Å². The van der Waals surface area contributed by atoms with E-state index in [1.165, 1.54) is 18.9 Å². The fraction of sp³-hybridized carbons (Fsp3) is 0.296. The molecule has 37 heavy (non-hydrogen) atoms. The first-order chi connectivity index (χ1) is 17.9. The molecule has 1 fully saturated rings. The predicted octanol–water partition coefficient (Wildman–Crippen LogP) is 3.24. The maximum Gasteiger partial charge on any atom is 0.328 e. The Bertz CT molecular complexity index is 1360. The number of nitrogen functional groups attached to an aromatic ring is 2. The Morgan fingerprint density at radius 2 is 1.84 bits per heavy atom. The van der Waals surface area contributed by atoms with Crippen molar-refractivity contribution in [1.29, 1.82) is 0 Å². The van der Waals surface area contributed by atoms with Crippen LogP contribution in [0, 0.1) is 0 Å². The summed E-state index contributed by atoms with van der Waals surface area (Å²) < 4.78 is 11.9. The first kappa shape index (κ1) is 25.8. The fourth-order valence-corrected chi connectivity index (χ4v) is 4.24. The van der Waals surface area contributed by atoms with Gasteiger partial charge in [-0.1, -0.05) is 12.1 Å². The highest BCUT2D eigenvalue weighted by atomic mass is 16.5. The Balaban J connectivity index is 1.66. The SMILES string of the molecule is CCOc1cc(-c2ccc(OCCN3CCCC3)c(/C=C/C(=O)O)c2)ccc1-c1nc(N)c(N)c(=O)[nH]1. The fourth-order valence-electron chi connectivity index (χ4n) is 4.24. The van der Waals surface area contributed by atoms with E-state index in [9.17, 15) is 9.59 Å². The van der Waals surface area contributed by atoms with Gasteiger partial charge >= 0.3 is 5.97 Å². The van der Waals surface area contributed by atoms with Gasteiger partial charge in [-0.3, -0.25) is 9.69 Å². The number of aromatic nitrogens is 2. The molecule has 10 nitrogen and oxygen atoms in total. The minimum Gasteiger partial charge on any atom is -0.493 e. The first-order valence-corrected chi connectivity index (χ1v) is 12.2. The van der Waals surface area contributed by atoms with E-state index < -0.39 is 11.5 Å². The maximum absolute atomic E-state index is 12.1. The number of carboxylic acid groups (broad SMARTS) is 1. The standard InChI is InChI=1S/C27H31N5O5/c1-2-36-22-16-18(5-8-20(22)26-30-25(29)24(28)27(35)31-26)17-6-9-21(19(15-17)7-10-23(33)34)37-14-13-32-11-3-4-12-32/h5-10,15-16H,2-4,11-14,28H2,1H3,(H,33,34)(H3,29,30,31,35)/b10-7+. The molecule has 1 aliphatic rings. The second kappa shape index (κ2) is 11.6. The lowest BCUT2D eigenvalue weighted by Crippen LogP contribution is -2.25. The smallest absolute Gasteiger partial charge is 0.328 e. The Hall–Kier alpha value is -4.31. The summed E-state index contributed by atoms with van der Waals surface area (Å²) in [6.07, 6.45) is 5.04. The van der Waals surface area contributed by atoms with Crippen molar-refractivity contribution < 1.29 is 19.4 Å². The lowest BCUT2D eigenvalue weighted by atomic mass is 10.00. The number of nitrogens with two attached hydrogens (primary N) is 2. The number of benzene rings is 2. The van der Waals surface area contributed by atoms with Crippen molar-refractivity contribution in [3.8, 4) is 34.0 Å². The van der Waals surface area contributed by atoms with Crippen molar-refractivity contribution in [3.63, 3.8) is 0 Å². The molecule has 0 atom stereocenters. The largest absolute Gasteiger partial charge is 0.493 e. The molecule has 0 unspecified atom stereocenters. The van der Waals surface area contributed by atoms with Gasteiger partial charge in [-0.25, -0.2) is 9.78 Å². The second-order valence-electron chi connectivity index (χ2n) is 8.68. The zero-order valence-corrected chi connectivity index (χ0v) is 20.7. The van der Waals surface area contributed by atoms with Crippen LogP contribution in [0.2, 0.25) is 0 Å². The molecular formula is C27H31N5O5. The van der Waals surface area contributed by atoms with Gasteiger partial charge in [0.2, 0.25) is 0 Å². The number of anilines is 2. The average molecular weight is 506 g/mol. The molecule has 0 saturated carbocycles. The Morgan fingerprint density at radius 1 is 1.11 bits per heavy atom. The molecule has 3 aromatic rings. The Morgan fingerprint density at radius 3 is 2.54 bits per heavy atom. The molecule has 0 spiro atoms. The Labute approximate surface area is 214 Å². The number of nitrogens with zero attached hydrogens (tertiary/aromatic N) is 2. The highest BCUT2D eigenvalue weighted by Crippen LogP contribution is 2.35. The molecule has 0 aliphatic carbocycles. The summed E-state index contributed by atoms with van der Waals surface area (Å²) in [5.74, 6) is 0.266. The topological polar surface area (TPSA) is 157 Å². The number of nitrogens with one attached hydrogen (secondary N) is 1. The summed E-state index contributed by atoms with van der Waals surface area (Å²) in [4.78, 5) is 32.5. The number of carboxylic acids is 1. The number of hydrogen-bond donors (Lipinski definition) is 4. The van der Waals surface area contributed by atoms with E-state index in [2.05, 4.69) is 14.9 Å². The van der Waals surface area contributed by atoms with E-state index in [-0.39, 0.29) is 17.3 Å². The molecule has 10 heteroatoms.